The summed E-state index contributed by atoms with van der Waals surface area (Å²) in [5.41, 5.74) is 5.27. The smallest absolute Gasteiger partial charge is 0.250 e. The molecule has 1 amide bonds. The fourth-order valence-corrected chi connectivity index (χ4v) is 3.70. The minimum Gasteiger partial charge on any atom is -0.465 e. The van der Waals surface area contributed by atoms with E-state index in [1.54, 1.807) is 12.5 Å². The van der Waals surface area contributed by atoms with Gasteiger partial charge in [0.1, 0.15) is 5.76 Å². The molecule has 4 rings (SSSR count). The van der Waals surface area contributed by atoms with Crippen molar-refractivity contribution in [1.29, 1.82) is 0 Å². The third kappa shape index (κ3) is 5.41. The van der Waals surface area contributed by atoms with Crippen LogP contribution >= 0.6 is 11.8 Å². The highest BCUT2D eigenvalue weighted by Gasteiger charge is 2.16. The molecule has 1 N–H and O–H groups in total. The number of carbonyl (C=O) groups is 1. The number of para-hydroxylation sites is 1. The topological polar surface area (TPSA) is 85.3 Å². The molecule has 0 saturated carbocycles. The van der Waals surface area contributed by atoms with Crippen LogP contribution in [-0.2, 0) is 4.79 Å². The molecule has 2 aromatic heterocycles. The van der Waals surface area contributed by atoms with Gasteiger partial charge in [0.15, 0.2) is 11.0 Å². The van der Waals surface area contributed by atoms with Crippen molar-refractivity contribution in [2.75, 3.05) is 5.75 Å². The molecule has 0 radical (unpaired) electrons. The molecule has 0 spiro atoms. The molecule has 0 bridgehead atoms. The van der Waals surface area contributed by atoms with Crippen LogP contribution in [-0.4, -0.2) is 32.6 Å². The Bertz CT molecular complexity index is 1220. The summed E-state index contributed by atoms with van der Waals surface area (Å²) in [4.78, 5) is 12.3. The number of rotatable bonds is 8. The molecule has 0 fully saturated rings. The number of benzene rings is 2. The van der Waals surface area contributed by atoms with Gasteiger partial charge in [0.05, 0.1) is 18.2 Å². The SMILES string of the molecule is CC(C=NNC(=O)CSc1nnc(-c2ccccc2)n1-c1ccccc1)=Cc1ccco1. The predicted molar refractivity (Wildman–Crippen MR) is 127 cm³/mol. The van der Waals surface area contributed by atoms with Crippen LogP contribution in [0.2, 0.25) is 0 Å². The summed E-state index contributed by atoms with van der Waals surface area (Å²) in [7, 11) is 0. The van der Waals surface area contributed by atoms with Crippen molar-refractivity contribution in [1.82, 2.24) is 20.2 Å². The maximum atomic E-state index is 12.3. The first-order valence-electron chi connectivity index (χ1n) is 9.93. The Balaban J connectivity index is 1.44. The van der Waals surface area contributed by atoms with Gasteiger partial charge in [0.2, 0.25) is 0 Å². The van der Waals surface area contributed by atoms with E-state index in [2.05, 4.69) is 20.7 Å². The zero-order valence-electron chi connectivity index (χ0n) is 17.4. The van der Waals surface area contributed by atoms with Crippen LogP contribution in [0.5, 0.6) is 0 Å². The molecule has 0 unspecified atom stereocenters. The zero-order valence-corrected chi connectivity index (χ0v) is 18.2. The highest BCUT2D eigenvalue weighted by Crippen LogP contribution is 2.27. The summed E-state index contributed by atoms with van der Waals surface area (Å²) in [5.74, 6) is 1.36. The van der Waals surface area contributed by atoms with Crippen LogP contribution in [0, 0.1) is 0 Å². The lowest BCUT2D eigenvalue weighted by Crippen LogP contribution is -2.20. The van der Waals surface area contributed by atoms with Crippen molar-refractivity contribution in [3.63, 3.8) is 0 Å². The molecular formula is C24H21N5O2S. The van der Waals surface area contributed by atoms with Gasteiger partial charge in [-0.25, -0.2) is 5.43 Å². The van der Waals surface area contributed by atoms with E-state index >= 15 is 0 Å². The summed E-state index contributed by atoms with van der Waals surface area (Å²) in [5, 5.41) is 13.3. The van der Waals surface area contributed by atoms with Crippen molar-refractivity contribution in [3.05, 3.63) is 90.4 Å². The van der Waals surface area contributed by atoms with Gasteiger partial charge in [-0.05, 0) is 42.8 Å². The number of hydrogen-bond donors (Lipinski definition) is 1. The largest absolute Gasteiger partial charge is 0.465 e. The Kier molecular flexibility index (Phi) is 6.94. The number of allylic oxidation sites excluding steroid dienone is 1. The van der Waals surface area contributed by atoms with Crippen LogP contribution in [0.3, 0.4) is 0 Å². The number of amides is 1. The fraction of sp³-hybridized carbons (Fsp3) is 0.0833. The van der Waals surface area contributed by atoms with Gasteiger partial charge in [-0.2, -0.15) is 5.10 Å². The Morgan fingerprint density at radius 3 is 2.53 bits per heavy atom. The monoisotopic (exact) mass is 443 g/mol. The summed E-state index contributed by atoms with van der Waals surface area (Å²) < 4.78 is 7.21. The first kappa shape index (κ1) is 21.3. The third-order valence-electron chi connectivity index (χ3n) is 4.38. The first-order chi connectivity index (χ1) is 15.7. The molecule has 4 aromatic rings. The second kappa shape index (κ2) is 10.4. The quantitative estimate of drug-likeness (QED) is 0.240. The molecular weight excluding hydrogens is 422 g/mol. The fourth-order valence-electron chi connectivity index (χ4n) is 2.95. The van der Waals surface area contributed by atoms with E-state index in [1.165, 1.54) is 11.8 Å². The Morgan fingerprint density at radius 2 is 1.81 bits per heavy atom. The predicted octanol–water partition coefficient (Wildman–Crippen LogP) is 4.82. The van der Waals surface area contributed by atoms with E-state index < -0.39 is 0 Å². The second-order valence-corrected chi connectivity index (χ2v) is 7.77. The molecule has 0 aliphatic heterocycles. The number of nitrogens with one attached hydrogen (secondary N) is 1. The molecule has 8 heteroatoms. The van der Waals surface area contributed by atoms with E-state index in [0.29, 0.717) is 5.16 Å². The van der Waals surface area contributed by atoms with Crippen LogP contribution in [0.15, 0.2) is 99.3 Å². The Labute approximate surface area is 189 Å². The standard InChI is InChI=1S/C24H21N5O2S/c1-18(15-21-13-8-14-31-21)16-25-26-22(30)17-32-24-28-27-23(19-9-4-2-5-10-19)29(24)20-11-6-3-7-12-20/h2-16H,17H2,1H3,(H,26,30). The maximum absolute atomic E-state index is 12.3. The lowest BCUT2D eigenvalue weighted by molar-refractivity contribution is -0.118. The molecule has 0 aliphatic rings. The van der Waals surface area contributed by atoms with Gasteiger partial charge in [-0.3, -0.25) is 9.36 Å². The van der Waals surface area contributed by atoms with E-state index in [-0.39, 0.29) is 11.7 Å². The molecule has 7 nitrogen and oxygen atoms in total. The number of hydrogen-bond acceptors (Lipinski definition) is 6. The molecule has 160 valence electrons. The average Bonchev–Trinajstić information content (AvgIpc) is 3.49. The summed E-state index contributed by atoms with van der Waals surface area (Å²) >= 11 is 1.30. The lowest BCUT2D eigenvalue weighted by Gasteiger charge is -2.10. The van der Waals surface area contributed by atoms with Crippen molar-refractivity contribution >= 4 is 30.0 Å². The van der Waals surface area contributed by atoms with Crippen LogP contribution in [0.25, 0.3) is 23.2 Å². The molecule has 2 aromatic carbocycles. The Hall–Kier alpha value is -3.91. The number of carbonyl (C=O) groups excluding carboxylic acids is 1. The minimum atomic E-state index is -0.235. The van der Waals surface area contributed by atoms with Crippen molar-refractivity contribution in [2.45, 2.75) is 12.1 Å². The number of furan rings is 1. The van der Waals surface area contributed by atoms with Gasteiger partial charge in [-0.15, -0.1) is 10.2 Å². The van der Waals surface area contributed by atoms with E-state index in [9.17, 15) is 4.79 Å². The van der Waals surface area contributed by atoms with E-state index in [0.717, 1.165) is 28.4 Å². The van der Waals surface area contributed by atoms with E-state index in [4.69, 9.17) is 4.42 Å². The molecule has 0 saturated heterocycles. The van der Waals surface area contributed by atoms with Gasteiger partial charge in [0.25, 0.3) is 5.91 Å². The summed E-state index contributed by atoms with van der Waals surface area (Å²) in [6.07, 6.45) is 5.01. The second-order valence-electron chi connectivity index (χ2n) is 6.83. The molecule has 2 heterocycles. The summed E-state index contributed by atoms with van der Waals surface area (Å²) in [6.45, 7) is 1.88. The van der Waals surface area contributed by atoms with Crippen LogP contribution in [0.4, 0.5) is 0 Å². The minimum absolute atomic E-state index is 0.151. The number of nitrogens with zero attached hydrogens (tertiary/aromatic N) is 4. The lowest BCUT2D eigenvalue weighted by atomic mass is 10.2. The van der Waals surface area contributed by atoms with Gasteiger partial charge in [0, 0.05) is 11.3 Å². The van der Waals surface area contributed by atoms with Crippen LogP contribution in [0.1, 0.15) is 12.7 Å². The maximum Gasteiger partial charge on any atom is 0.250 e. The summed E-state index contributed by atoms with van der Waals surface area (Å²) in [6, 6.07) is 23.3. The van der Waals surface area contributed by atoms with Gasteiger partial charge >= 0.3 is 0 Å². The highest BCUT2D eigenvalue weighted by molar-refractivity contribution is 7.99. The average molecular weight is 444 g/mol. The molecule has 32 heavy (non-hydrogen) atoms. The van der Waals surface area contributed by atoms with Crippen LogP contribution < -0.4 is 5.43 Å². The van der Waals surface area contributed by atoms with Crippen molar-refractivity contribution < 1.29 is 9.21 Å². The normalized spacial score (nSPS) is 11.7. The van der Waals surface area contributed by atoms with E-state index in [1.807, 2.05) is 90.4 Å². The molecule has 0 atom stereocenters. The number of thioether (sulfide) groups is 1. The van der Waals surface area contributed by atoms with Gasteiger partial charge < -0.3 is 4.42 Å². The zero-order chi connectivity index (χ0) is 22.2. The first-order valence-corrected chi connectivity index (χ1v) is 10.9. The molecule has 0 aliphatic carbocycles. The number of hydrazone groups is 1. The van der Waals surface area contributed by atoms with Crippen molar-refractivity contribution in [2.24, 2.45) is 5.10 Å². The number of aromatic nitrogens is 3. The van der Waals surface area contributed by atoms with Gasteiger partial charge in [-0.1, -0.05) is 60.3 Å². The Morgan fingerprint density at radius 1 is 1.06 bits per heavy atom. The van der Waals surface area contributed by atoms with Crippen molar-refractivity contribution in [3.8, 4) is 17.1 Å². The third-order valence-corrected chi connectivity index (χ3v) is 5.31. The highest BCUT2D eigenvalue weighted by atomic mass is 32.2.